The zero-order chi connectivity index (χ0) is 11.7. The number of carbonyl (C=O) groups excluding carboxylic acids is 1. The number of rotatable bonds is 3. The predicted molar refractivity (Wildman–Crippen MR) is 70.9 cm³/mol. The quantitative estimate of drug-likeness (QED) is 0.569. The molecule has 0 aliphatic rings. The van der Waals surface area contributed by atoms with Crippen molar-refractivity contribution in [1.82, 2.24) is 4.98 Å². The van der Waals surface area contributed by atoms with Crippen molar-refractivity contribution in [2.24, 2.45) is 0 Å². The number of aromatic nitrogens is 1. The first-order valence-electron chi connectivity index (χ1n) is 5.15. The van der Waals surface area contributed by atoms with E-state index in [0.29, 0.717) is 14.5 Å². The van der Waals surface area contributed by atoms with E-state index >= 15 is 0 Å². The zero-order valence-electron chi connectivity index (χ0n) is 8.84. The summed E-state index contributed by atoms with van der Waals surface area (Å²) >= 11 is 0.626. The average molecular weight is 353 g/mol. The Hall–Kier alpha value is -1.05. The Morgan fingerprint density at radius 2 is 1.82 bits per heavy atom. The van der Waals surface area contributed by atoms with Gasteiger partial charge in [0.15, 0.2) is 0 Å². The number of hydrogen-bond acceptors (Lipinski definition) is 1. The van der Waals surface area contributed by atoms with E-state index < -0.39 is 0 Å². The summed E-state index contributed by atoms with van der Waals surface area (Å²) in [5.41, 5.74) is 2.36. The number of nitrogens with one attached hydrogen (secondary N) is 1. The van der Waals surface area contributed by atoms with Crippen LogP contribution in [0.25, 0.3) is 20.3 Å². The second kappa shape index (κ2) is 4.67. The van der Waals surface area contributed by atoms with Crippen LogP contribution in [-0.4, -0.2) is 40.3 Å². The third-order valence-electron chi connectivity index (χ3n) is 2.48. The molecule has 3 rings (SSSR count). The van der Waals surface area contributed by atoms with Crippen LogP contribution in [0.3, 0.4) is 0 Å². The number of H-pyrrole nitrogens is 1. The van der Waals surface area contributed by atoms with E-state index in [9.17, 15) is 4.79 Å². The van der Waals surface area contributed by atoms with Crippen molar-refractivity contribution < 1.29 is 4.79 Å². The molecule has 0 fully saturated rings. The van der Waals surface area contributed by atoms with Crippen molar-refractivity contribution in [2.45, 2.75) is 0 Å². The molecule has 0 bridgehead atoms. The van der Waals surface area contributed by atoms with E-state index in [0.717, 1.165) is 16.4 Å². The standard InChI is InChI=1S/C13H9NOSe2/c15-8-9-3-6-13(17-9)11-5-4-10(14-11)12-2-1-7-16-12/h1-8,14H. The Morgan fingerprint density at radius 3 is 2.47 bits per heavy atom. The number of aromatic amines is 1. The minimum absolute atomic E-state index is 0.164. The molecule has 0 saturated heterocycles. The van der Waals surface area contributed by atoms with Crippen LogP contribution in [0.4, 0.5) is 0 Å². The maximum absolute atomic E-state index is 10.7. The summed E-state index contributed by atoms with van der Waals surface area (Å²) in [5, 5.41) is 0. The molecule has 2 nitrogen and oxygen atoms in total. The van der Waals surface area contributed by atoms with Gasteiger partial charge in [-0.05, 0) is 0 Å². The average Bonchev–Trinajstić information content (AvgIpc) is 3.09. The van der Waals surface area contributed by atoms with Crippen LogP contribution in [0.1, 0.15) is 9.23 Å². The number of aldehydes is 1. The molecule has 0 aromatic carbocycles. The van der Waals surface area contributed by atoms with Gasteiger partial charge in [0.05, 0.1) is 0 Å². The van der Waals surface area contributed by atoms with Gasteiger partial charge >= 0.3 is 111 Å². The molecule has 1 N–H and O–H groups in total. The van der Waals surface area contributed by atoms with Gasteiger partial charge in [-0.25, -0.2) is 0 Å². The summed E-state index contributed by atoms with van der Waals surface area (Å²) in [6.45, 7) is 0. The Labute approximate surface area is 111 Å². The molecule has 0 aliphatic heterocycles. The Balaban J connectivity index is 1.97. The first-order chi connectivity index (χ1) is 8.36. The van der Waals surface area contributed by atoms with Crippen LogP contribution in [0.15, 0.2) is 41.3 Å². The Kier molecular flexibility index (Phi) is 3.04. The first kappa shape index (κ1) is 11.1. The molecule has 0 spiro atoms. The third-order valence-corrected chi connectivity index (χ3v) is 6.57. The molecule has 84 valence electrons. The third kappa shape index (κ3) is 2.17. The summed E-state index contributed by atoms with van der Waals surface area (Å²) in [6, 6.07) is 12.5. The summed E-state index contributed by atoms with van der Waals surface area (Å²) in [7, 11) is 0. The van der Waals surface area contributed by atoms with Crippen molar-refractivity contribution in [3.05, 3.63) is 45.8 Å². The van der Waals surface area contributed by atoms with Crippen molar-refractivity contribution in [3.63, 3.8) is 0 Å². The molecule has 4 heteroatoms. The molecule has 0 unspecified atom stereocenters. The summed E-state index contributed by atoms with van der Waals surface area (Å²) in [4.78, 5) is 16.4. The van der Waals surface area contributed by atoms with Crippen LogP contribution >= 0.6 is 0 Å². The fraction of sp³-hybridized carbons (Fsp3) is 0. The zero-order valence-corrected chi connectivity index (χ0v) is 12.3. The fourth-order valence-corrected chi connectivity index (χ4v) is 4.84. The summed E-state index contributed by atoms with van der Waals surface area (Å²) in [6.07, 6.45) is 0.958. The van der Waals surface area contributed by atoms with Crippen LogP contribution in [0, 0.1) is 0 Å². The van der Waals surface area contributed by atoms with Crippen LogP contribution in [0.5, 0.6) is 0 Å². The molecule has 3 heterocycles. The van der Waals surface area contributed by atoms with Gasteiger partial charge in [-0.1, -0.05) is 0 Å². The van der Waals surface area contributed by atoms with Gasteiger partial charge in [-0.15, -0.1) is 0 Å². The van der Waals surface area contributed by atoms with Gasteiger partial charge in [0.25, 0.3) is 0 Å². The molecule has 3 aromatic rings. The van der Waals surface area contributed by atoms with E-state index in [1.807, 2.05) is 12.1 Å². The van der Waals surface area contributed by atoms with E-state index in [4.69, 9.17) is 0 Å². The van der Waals surface area contributed by atoms with E-state index in [1.54, 1.807) is 0 Å². The molecule has 0 radical (unpaired) electrons. The molecule has 0 saturated carbocycles. The van der Waals surface area contributed by atoms with Crippen LogP contribution in [0.2, 0.25) is 0 Å². The maximum atomic E-state index is 10.7. The minimum atomic E-state index is 0.164. The van der Waals surface area contributed by atoms with Gasteiger partial charge in [0.1, 0.15) is 0 Å². The van der Waals surface area contributed by atoms with Crippen molar-refractivity contribution in [2.75, 3.05) is 0 Å². The monoisotopic (exact) mass is 355 g/mol. The van der Waals surface area contributed by atoms with Crippen LogP contribution < -0.4 is 0 Å². The molecular formula is C13H9NOSe2. The van der Waals surface area contributed by atoms with Gasteiger partial charge in [-0.3, -0.25) is 0 Å². The fourth-order valence-electron chi connectivity index (χ4n) is 1.68. The molecule has 17 heavy (non-hydrogen) atoms. The molecule has 0 atom stereocenters. The van der Waals surface area contributed by atoms with Gasteiger partial charge in [-0.2, -0.15) is 0 Å². The van der Waals surface area contributed by atoms with Crippen molar-refractivity contribution in [3.8, 4) is 20.3 Å². The SMILES string of the molecule is O=Cc1ccc(-c2ccc(-c3ccc[se]3)[nH]2)[se]1. The van der Waals surface area contributed by atoms with E-state index in [1.165, 1.54) is 14.6 Å². The van der Waals surface area contributed by atoms with E-state index in [-0.39, 0.29) is 14.5 Å². The van der Waals surface area contributed by atoms with E-state index in [2.05, 4.69) is 34.2 Å². The van der Waals surface area contributed by atoms with Crippen LogP contribution in [-0.2, 0) is 0 Å². The molecule has 3 aromatic heterocycles. The van der Waals surface area contributed by atoms with Crippen molar-refractivity contribution >= 4 is 35.3 Å². The molecular weight excluding hydrogens is 344 g/mol. The van der Waals surface area contributed by atoms with Gasteiger partial charge < -0.3 is 0 Å². The number of carbonyl (C=O) groups is 1. The Bertz CT molecular complexity index is 634. The van der Waals surface area contributed by atoms with Gasteiger partial charge in [0, 0.05) is 0 Å². The normalized spacial score (nSPS) is 10.6. The Morgan fingerprint density at radius 1 is 1.00 bits per heavy atom. The predicted octanol–water partition coefficient (Wildman–Crippen LogP) is 2.28. The number of hydrogen-bond donors (Lipinski definition) is 1. The summed E-state index contributed by atoms with van der Waals surface area (Å²) in [5.74, 6) is 0. The molecule has 0 amide bonds. The summed E-state index contributed by atoms with van der Waals surface area (Å²) < 4.78 is 3.55. The first-order valence-corrected chi connectivity index (χ1v) is 8.71. The van der Waals surface area contributed by atoms with Gasteiger partial charge in [0.2, 0.25) is 0 Å². The topological polar surface area (TPSA) is 32.9 Å². The second-order valence-electron chi connectivity index (χ2n) is 3.58. The molecule has 0 aliphatic carbocycles. The second-order valence-corrected chi connectivity index (χ2v) is 7.91. The van der Waals surface area contributed by atoms with Crippen molar-refractivity contribution in [1.29, 1.82) is 0 Å².